The van der Waals surface area contributed by atoms with Crippen molar-refractivity contribution in [3.63, 3.8) is 0 Å². The Morgan fingerprint density at radius 1 is 1.00 bits per heavy atom. The van der Waals surface area contributed by atoms with Gasteiger partial charge >= 0.3 is 0 Å². The van der Waals surface area contributed by atoms with Gasteiger partial charge in [-0.1, -0.05) is 6.92 Å². The molecule has 0 aromatic rings. The lowest BCUT2D eigenvalue weighted by molar-refractivity contribution is -0.139. The molecular formula is C19H35N3O. The molecule has 0 unspecified atom stereocenters. The van der Waals surface area contributed by atoms with Crippen LogP contribution in [0.3, 0.4) is 0 Å². The average molecular weight is 322 g/mol. The number of carbonyl (C=O) groups is 1. The monoisotopic (exact) mass is 321 g/mol. The molecular weight excluding hydrogens is 286 g/mol. The highest BCUT2D eigenvalue weighted by Crippen LogP contribution is 2.42. The minimum Gasteiger partial charge on any atom is -0.340 e. The van der Waals surface area contributed by atoms with E-state index in [9.17, 15) is 4.79 Å². The SMILES string of the molecule is CCN1CCC(CN2CCC3(CC2)CCN(C(C)C)C3=O)CC1. The Morgan fingerprint density at radius 2 is 1.61 bits per heavy atom. The highest BCUT2D eigenvalue weighted by molar-refractivity contribution is 5.85. The van der Waals surface area contributed by atoms with Crippen molar-refractivity contribution in [2.24, 2.45) is 11.3 Å². The van der Waals surface area contributed by atoms with Gasteiger partial charge in [-0.3, -0.25) is 4.79 Å². The summed E-state index contributed by atoms with van der Waals surface area (Å²) in [5.74, 6) is 1.32. The van der Waals surface area contributed by atoms with E-state index in [-0.39, 0.29) is 5.41 Å². The lowest BCUT2D eigenvalue weighted by atomic mass is 9.76. The standard InChI is InChI=1S/C19H35N3O/c1-4-20-10-5-17(6-11-20)15-21-12-7-19(8-13-21)9-14-22(16(2)3)18(19)23/h16-17H,4-15H2,1-3H3. The molecule has 3 fully saturated rings. The third kappa shape index (κ3) is 3.58. The number of carbonyl (C=O) groups excluding carboxylic acids is 1. The van der Waals surface area contributed by atoms with Gasteiger partial charge in [0.25, 0.3) is 0 Å². The van der Waals surface area contributed by atoms with Gasteiger partial charge in [-0.05, 0) is 84.6 Å². The van der Waals surface area contributed by atoms with Crippen LogP contribution in [0.1, 0.15) is 52.9 Å². The van der Waals surface area contributed by atoms with Gasteiger partial charge in [0.1, 0.15) is 0 Å². The normalized spacial score (nSPS) is 27.5. The van der Waals surface area contributed by atoms with E-state index >= 15 is 0 Å². The number of amides is 1. The molecule has 4 nitrogen and oxygen atoms in total. The zero-order valence-corrected chi connectivity index (χ0v) is 15.4. The molecule has 1 amide bonds. The van der Waals surface area contributed by atoms with Gasteiger partial charge in [-0.2, -0.15) is 0 Å². The predicted molar refractivity (Wildman–Crippen MR) is 94.4 cm³/mol. The van der Waals surface area contributed by atoms with Crippen LogP contribution >= 0.6 is 0 Å². The number of likely N-dealkylation sites (tertiary alicyclic amines) is 3. The molecule has 3 heterocycles. The highest BCUT2D eigenvalue weighted by Gasteiger charge is 2.48. The second kappa shape index (κ2) is 7.10. The fourth-order valence-electron chi connectivity index (χ4n) is 4.82. The first-order valence-corrected chi connectivity index (χ1v) is 9.80. The van der Waals surface area contributed by atoms with Gasteiger partial charge in [-0.25, -0.2) is 0 Å². The molecule has 0 atom stereocenters. The molecule has 4 heteroatoms. The molecule has 0 N–H and O–H groups in total. The van der Waals surface area contributed by atoms with Crippen molar-refractivity contribution in [1.82, 2.24) is 14.7 Å². The van der Waals surface area contributed by atoms with Gasteiger partial charge in [0.05, 0.1) is 5.41 Å². The maximum absolute atomic E-state index is 12.8. The number of piperidine rings is 2. The van der Waals surface area contributed by atoms with Crippen LogP contribution in [0.25, 0.3) is 0 Å². The molecule has 0 aromatic carbocycles. The summed E-state index contributed by atoms with van der Waals surface area (Å²) in [6.07, 6.45) is 5.98. The van der Waals surface area contributed by atoms with E-state index in [1.165, 1.54) is 39.0 Å². The Labute approximate surface area is 142 Å². The van der Waals surface area contributed by atoms with Crippen molar-refractivity contribution in [3.05, 3.63) is 0 Å². The lowest BCUT2D eigenvalue weighted by Gasteiger charge is -2.41. The Bertz CT molecular complexity index is 407. The summed E-state index contributed by atoms with van der Waals surface area (Å²) in [6, 6.07) is 0.364. The molecule has 23 heavy (non-hydrogen) atoms. The van der Waals surface area contributed by atoms with Crippen molar-refractivity contribution < 1.29 is 4.79 Å². The summed E-state index contributed by atoms with van der Waals surface area (Å²) in [7, 11) is 0. The first-order valence-electron chi connectivity index (χ1n) is 9.80. The third-order valence-electron chi connectivity index (χ3n) is 6.65. The van der Waals surface area contributed by atoms with Crippen molar-refractivity contribution in [3.8, 4) is 0 Å². The summed E-state index contributed by atoms with van der Waals surface area (Å²) >= 11 is 0. The smallest absolute Gasteiger partial charge is 0.229 e. The Hall–Kier alpha value is -0.610. The molecule has 3 saturated heterocycles. The number of nitrogens with zero attached hydrogens (tertiary/aromatic N) is 3. The molecule has 3 aliphatic heterocycles. The van der Waals surface area contributed by atoms with Crippen molar-refractivity contribution in [1.29, 1.82) is 0 Å². The third-order valence-corrected chi connectivity index (χ3v) is 6.65. The average Bonchev–Trinajstić information content (AvgIpc) is 2.87. The van der Waals surface area contributed by atoms with Gasteiger partial charge < -0.3 is 14.7 Å². The molecule has 3 rings (SSSR count). The van der Waals surface area contributed by atoms with Crippen LogP contribution in [0.15, 0.2) is 0 Å². The van der Waals surface area contributed by atoms with Gasteiger partial charge in [0.2, 0.25) is 5.91 Å². The number of hydrogen-bond acceptors (Lipinski definition) is 3. The van der Waals surface area contributed by atoms with E-state index in [1.54, 1.807) is 0 Å². The van der Waals surface area contributed by atoms with Gasteiger partial charge in [-0.15, -0.1) is 0 Å². The maximum Gasteiger partial charge on any atom is 0.229 e. The van der Waals surface area contributed by atoms with E-state index in [2.05, 4.69) is 35.5 Å². The summed E-state index contributed by atoms with van der Waals surface area (Å²) in [4.78, 5) is 20.1. The summed E-state index contributed by atoms with van der Waals surface area (Å²) < 4.78 is 0. The number of rotatable bonds is 4. The fourth-order valence-corrected chi connectivity index (χ4v) is 4.82. The zero-order chi connectivity index (χ0) is 16.4. The molecule has 0 aliphatic carbocycles. The van der Waals surface area contributed by atoms with Crippen molar-refractivity contribution in [2.75, 3.05) is 45.8 Å². The predicted octanol–water partition coefficient (Wildman–Crippen LogP) is 2.44. The molecule has 0 saturated carbocycles. The summed E-state index contributed by atoms with van der Waals surface area (Å²) in [6.45, 7) is 14.8. The quantitative estimate of drug-likeness (QED) is 0.796. The minimum atomic E-state index is -0.00759. The highest BCUT2D eigenvalue weighted by atomic mass is 16.2. The van der Waals surface area contributed by atoms with Crippen LogP contribution in [-0.2, 0) is 4.79 Å². The van der Waals surface area contributed by atoms with E-state index in [1.807, 2.05) is 0 Å². The summed E-state index contributed by atoms with van der Waals surface area (Å²) in [5.41, 5.74) is -0.00759. The van der Waals surface area contributed by atoms with Gasteiger partial charge in [0, 0.05) is 19.1 Å². The van der Waals surface area contributed by atoms with E-state index in [4.69, 9.17) is 0 Å². The van der Waals surface area contributed by atoms with E-state index < -0.39 is 0 Å². The zero-order valence-electron chi connectivity index (χ0n) is 15.4. The van der Waals surface area contributed by atoms with Crippen LogP contribution in [0.2, 0.25) is 0 Å². The molecule has 1 spiro atoms. The number of hydrogen-bond donors (Lipinski definition) is 0. The Kier molecular flexibility index (Phi) is 5.32. The van der Waals surface area contributed by atoms with E-state index in [0.717, 1.165) is 44.8 Å². The molecule has 0 aromatic heterocycles. The van der Waals surface area contributed by atoms with Crippen LogP contribution in [0.4, 0.5) is 0 Å². The largest absolute Gasteiger partial charge is 0.340 e. The van der Waals surface area contributed by atoms with Crippen LogP contribution in [-0.4, -0.2) is 72.5 Å². The Morgan fingerprint density at radius 3 is 2.13 bits per heavy atom. The van der Waals surface area contributed by atoms with Crippen molar-refractivity contribution in [2.45, 2.75) is 58.9 Å². The first kappa shape index (κ1) is 17.2. The lowest BCUT2D eigenvalue weighted by Crippen LogP contribution is -2.47. The maximum atomic E-state index is 12.8. The minimum absolute atomic E-state index is 0.00759. The fraction of sp³-hybridized carbons (Fsp3) is 0.947. The molecule has 3 aliphatic rings. The van der Waals surface area contributed by atoms with Crippen LogP contribution in [0, 0.1) is 11.3 Å². The summed E-state index contributed by atoms with van der Waals surface area (Å²) in [5, 5.41) is 0. The van der Waals surface area contributed by atoms with E-state index in [0.29, 0.717) is 11.9 Å². The second-order valence-corrected chi connectivity index (χ2v) is 8.30. The molecule has 0 bridgehead atoms. The molecule has 132 valence electrons. The van der Waals surface area contributed by atoms with Gasteiger partial charge in [0.15, 0.2) is 0 Å². The first-order chi connectivity index (χ1) is 11.0. The molecule has 0 radical (unpaired) electrons. The Balaban J connectivity index is 1.47. The van der Waals surface area contributed by atoms with Crippen LogP contribution < -0.4 is 0 Å². The topological polar surface area (TPSA) is 26.8 Å². The van der Waals surface area contributed by atoms with Crippen molar-refractivity contribution >= 4 is 5.91 Å². The van der Waals surface area contributed by atoms with Crippen LogP contribution in [0.5, 0.6) is 0 Å². The second-order valence-electron chi connectivity index (χ2n) is 8.30.